The van der Waals surface area contributed by atoms with Gasteiger partial charge in [-0.15, -0.1) is 0 Å². The average Bonchev–Trinajstić information content (AvgIpc) is 3.03. The molecule has 2 atom stereocenters. The summed E-state index contributed by atoms with van der Waals surface area (Å²) in [5, 5.41) is 0.491. The lowest BCUT2D eigenvalue weighted by molar-refractivity contribution is -0.121. The number of rotatable bonds is 5. The van der Waals surface area contributed by atoms with Gasteiger partial charge in [-0.1, -0.05) is 37.7 Å². The summed E-state index contributed by atoms with van der Waals surface area (Å²) in [7, 11) is -3.08. The third-order valence-corrected chi connectivity index (χ3v) is 8.23. The minimum atomic E-state index is -3.08. The number of hydrogen-bond donors (Lipinski definition) is 0. The van der Waals surface area contributed by atoms with Gasteiger partial charge in [0.05, 0.1) is 17.5 Å². The first-order valence-corrected chi connectivity index (χ1v) is 11.5. The van der Waals surface area contributed by atoms with Crippen LogP contribution in [-0.4, -0.2) is 47.2 Å². The second-order valence-electron chi connectivity index (χ2n) is 6.80. The Morgan fingerprint density at radius 3 is 2.54 bits per heavy atom. The lowest BCUT2D eigenvalue weighted by atomic mass is 10.0. The maximum atomic E-state index is 13.2. The molecule has 0 bridgehead atoms. The van der Waals surface area contributed by atoms with Crippen molar-refractivity contribution in [1.29, 1.82) is 0 Å². The summed E-state index contributed by atoms with van der Waals surface area (Å²) < 4.78 is 37.2. The van der Waals surface area contributed by atoms with E-state index in [0.717, 1.165) is 18.4 Å². The van der Waals surface area contributed by atoms with E-state index in [2.05, 4.69) is 4.99 Å². The van der Waals surface area contributed by atoms with Crippen molar-refractivity contribution in [2.24, 2.45) is 10.9 Å². The predicted molar refractivity (Wildman–Crippen MR) is 102 cm³/mol. The summed E-state index contributed by atoms with van der Waals surface area (Å²) in [4.78, 5) is 18.7. The molecule has 1 aromatic carbocycles. The van der Waals surface area contributed by atoms with E-state index < -0.39 is 9.84 Å². The van der Waals surface area contributed by atoms with Crippen LogP contribution in [0.4, 0.5) is 4.39 Å². The molecule has 26 heavy (non-hydrogen) atoms. The predicted octanol–water partition coefficient (Wildman–Crippen LogP) is 2.86. The van der Waals surface area contributed by atoms with E-state index in [1.165, 1.54) is 23.9 Å². The highest BCUT2D eigenvalue weighted by Crippen LogP contribution is 2.39. The lowest BCUT2D eigenvalue weighted by Gasteiger charge is -2.24. The van der Waals surface area contributed by atoms with Crippen LogP contribution in [0.2, 0.25) is 0 Å². The maximum Gasteiger partial charge on any atom is 0.251 e. The molecule has 2 saturated heterocycles. The molecule has 0 N–H and O–H groups in total. The van der Waals surface area contributed by atoms with Crippen molar-refractivity contribution in [2.45, 2.75) is 44.5 Å². The van der Waals surface area contributed by atoms with E-state index >= 15 is 0 Å². The first-order chi connectivity index (χ1) is 12.3. The van der Waals surface area contributed by atoms with E-state index in [4.69, 9.17) is 0 Å². The summed E-state index contributed by atoms with van der Waals surface area (Å²) in [6.07, 6.45) is 1.46. The third kappa shape index (κ3) is 4.11. The molecule has 0 unspecified atom stereocenters. The van der Waals surface area contributed by atoms with Gasteiger partial charge < -0.3 is 4.90 Å². The number of amides is 1. The van der Waals surface area contributed by atoms with Crippen LogP contribution < -0.4 is 0 Å². The number of carbonyl (C=O) groups is 1. The minimum absolute atomic E-state index is 0.0735. The molecular formula is C18H23FN2O3S2. The van der Waals surface area contributed by atoms with Gasteiger partial charge in [-0.05, 0) is 30.5 Å². The largest absolute Gasteiger partial charge is 0.342 e. The first-order valence-electron chi connectivity index (χ1n) is 8.83. The molecule has 1 amide bonds. The van der Waals surface area contributed by atoms with E-state index in [1.807, 2.05) is 18.7 Å². The summed E-state index contributed by atoms with van der Waals surface area (Å²) in [5.74, 6) is -0.391. The molecule has 8 heteroatoms. The van der Waals surface area contributed by atoms with E-state index in [9.17, 15) is 17.6 Å². The summed E-state index contributed by atoms with van der Waals surface area (Å²) in [6.45, 7) is 4.34. The first kappa shape index (κ1) is 19.4. The average molecular weight is 399 g/mol. The van der Waals surface area contributed by atoms with Gasteiger partial charge in [0.25, 0.3) is 5.91 Å². The number of aliphatic imine (C=N–C) groups is 1. The van der Waals surface area contributed by atoms with Gasteiger partial charge in [-0.2, -0.15) is 4.99 Å². The summed E-state index contributed by atoms with van der Waals surface area (Å²) in [5.41, 5.74) is 0.861. The monoisotopic (exact) mass is 398 g/mol. The number of halogens is 1. The Hall–Kier alpha value is -1.41. The van der Waals surface area contributed by atoms with Crippen LogP contribution in [-0.2, 0) is 21.2 Å². The molecule has 2 aliphatic heterocycles. The highest BCUT2D eigenvalue weighted by atomic mass is 32.2. The van der Waals surface area contributed by atoms with Gasteiger partial charge in [0.15, 0.2) is 15.0 Å². The molecule has 1 aromatic rings. The minimum Gasteiger partial charge on any atom is -0.342 e. The van der Waals surface area contributed by atoms with Crippen molar-refractivity contribution in [3.8, 4) is 0 Å². The summed E-state index contributed by atoms with van der Waals surface area (Å²) in [6, 6.07) is 5.93. The van der Waals surface area contributed by atoms with Crippen molar-refractivity contribution in [3.63, 3.8) is 0 Å². The quantitative estimate of drug-likeness (QED) is 0.763. The van der Waals surface area contributed by atoms with Crippen molar-refractivity contribution in [3.05, 3.63) is 35.6 Å². The van der Waals surface area contributed by atoms with Gasteiger partial charge >= 0.3 is 0 Å². The number of amidine groups is 1. The molecule has 142 valence electrons. The topological polar surface area (TPSA) is 66.8 Å². The number of hydrogen-bond acceptors (Lipinski definition) is 4. The highest BCUT2D eigenvalue weighted by Gasteiger charge is 2.48. The van der Waals surface area contributed by atoms with Crippen molar-refractivity contribution < 1.29 is 17.6 Å². The van der Waals surface area contributed by atoms with Crippen LogP contribution >= 0.6 is 11.8 Å². The standard InChI is InChI=1S/C18H23FN2O3S2/c1-3-13(4-2)17(22)20-18-21(9-12-5-7-14(19)8-6-12)15-10-26(23,24)11-16(15)25-18/h5-8,13,15-16H,3-4,9-11H2,1-2H3/t15-,16-/m1/s1. The number of carbonyl (C=O) groups excluding carboxylic acids is 1. The highest BCUT2D eigenvalue weighted by molar-refractivity contribution is 8.15. The van der Waals surface area contributed by atoms with Crippen LogP contribution in [0.1, 0.15) is 32.3 Å². The Bertz CT molecular complexity index is 804. The smallest absolute Gasteiger partial charge is 0.251 e. The van der Waals surface area contributed by atoms with Gasteiger partial charge in [-0.3, -0.25) is 4.79 Å². The van der Waals surface area contributed by atoms with Gasteiger partial charge in [0.2, 0.25) is 0 Å². The fraction of sp³-hybridized carbons (Fsp3) is 0.556. The van der Waals surface area contributed by atoms with E-state index in [0.29, 0.717) is 11.7 Å². The number of sulfone groups is 1. The number of nitrogens with zero attached hydrogens (tertiary/aromatic N) is 2. The fourth-order valence-electron chi connectivity index (χ4n) is 3.43. The molecule has 0 aliphatic carbocycles. The maximum absolute atomic E-state index is 13.2. The second kappa shape index (κ2) is 7.68. The zero-order chi connectivity index (χ0) is 18.9. The van der Waals surface area contributed by atoms with Gasteiger partial charge in [-0.25, -0.2) is 12.8 Å². The Balaban J connectivity index is 1.88. The molecule has 0 spiro atoms. The molecule has 5 nitrogen and oxygen atoms in total. The SMILES string of the molecule is CCC(CC)C(=O)N=C1S[C@@H]2CS(=O)(=O)C[C@H]2N1Cc1ccc(F)cc1. The lowest BCUT2D eigenvalue weighted by Crippen LogP contribution is -2.37. The molecule has 2 heterocycles. The Labute approximate surface area is 158 Å². The van der Waals surface area contributed by atoms with E-state index in [1.54, 1.807) is 12.1 Å². The molecule has 0 radical (unpaired) electrons. The number of thioether (sulfide) groups is 1. The van der Waals surface area contributed by atoms with Crippen molar-refractivity contribution in [2.75, 3.05) is 11.5 Å². The Morgan fingerprint density at radius 1 is 1.27 bits per heavy atom. The molecular weight excluding hydrogens is 375 g/mol. The van der Waals surface area contributed by atoms with Crippen molar-refractivity contribution in [1.82, 2.24) is 4.90 Å². The van der Waals surface area contributed by atoms with Crippen LogP contribution in [0, 0.1) is 11.7 Å². The molecule has 2 fully saturated rings. The zero-order valence-corrected chi connectivity index (χ0v) is 16.5. The van der Waals surface area contributed by atoms with Crippen LogP contribution in [0.25, 0.3) is 0 Å². The number of fused-ring (bicyclic) bond motifs is 1. The normalized spacial score (nSPS) is 25.8. The van der Waals surface area contributed by atoms with Crippen molar-refractivity contribution >= 4 is 32.7 Å². The van der Waals surface area contributed by atoms with E-state index in [-0.39, 0.29) is 40.4 Å². The fourth-order valence-corrected chi connectivity index (χ4v) is 7.39. The second-order valence-corrected chi connectivity index (χ2v) is 10.2. The molecule has 3 rings (SSSR count). The van der Waals surface area contributed by atoms with Crippen LogP contribution in [0.3, 0.4) is 0 Å². The zero-order valence-electron chi connectivity index (χ0n) is 14.9. The Kier molecular flexibility index (Phi) is 5.72. The van der Waals surface area contributed by atoms with Gasteiger partial charge in [0, 0.05) is 17.7 Å². The Morgan fingerprint density at radius 2 is 1.92 bits per heavy atom. The number of benzene rings is 1. The summed E-state index contributed by atoms with van der Waals surface area (Å²) >= 11 is 1.38. The van der Waals surface area contributed by atoms with Crippen LogP contribution in [0.5, 0.6) is 0 Å². The van der Waals surface area contributed by atoms with Crippen LogP contribution in [0.15, 0.2) is 29.3 Å². The third-order valence-electron chi connectivity index (χ3n) is 4.98. The molecule has 2 aliphatic rings. The molecule has 0 aromatic heterocycles. The van der Waals surface area contributed by atoms with Gasteiger partial charge in [0.1, 0.15) is 5.82 Å². The molecule has 0 saturated carbocycles.